The van der Waals surface area contributed by atoms with E-state index in [0.717, 1.165) is 10.9 Å². The predicted molar refractivity (Wildman–Crippen MR) is 484 cm³/mol. The third kappa shape index (κ3) is 19.8. The Labute approximate surface area is 804 Å². The molecule has 0 saturated carbocycles. The zero-order chi connectivity index (χ0) is 100. The number of rotatable bonds is 8. The minimum atomic E-state index is -5.11. The molecular formula is C65H80N32O34P6S4. The van der Waals surface area contributed by atoms with Crippen molar-refractivity contribution in [3.8, 4) is 18.2 Å². The number of aliphatic hydroxyl groups excluding tert-OH is 6. The van der Waals surface area contributed by atoms with Crippen molar-refractivity contribution in [3.05, 3.63) is 59.7 Å². The van der Waals surface area contributed by atoms with Crippen LogP contribution in [0.15, 0.2) is 42.8 Å². The Bertz CT molecular complexity index is 6780. The van der Waals surface area contributed by atoms with Crippen LogP contribution in [0.5, 0.6) is 5.88 Å². The number of hydrogen-bond acceptors (Lipinski definition) is 57. The molecule has 30 atom stereocenters. The molecule has 12 aromatic rings. The Morgan fingerprint density at radius 3 is 1.01 bits per heavy atom. The summed E-state index contributed by atoms with van der Waals surface area (Å²) >= 11 is 19.9. The van der Waals surface area contributed by atoms with Crippen LogP contribution in [0.4, 0.5) is 47.3 Å². The maximum atomic E-state index is 13.5. The molecule has 141 heavy (non-hydrogen) atoms. The average molecular weight is 2170 g/mol. The molecule has 9 fully saturated rings. The van der Waals surface area contributed by atoms with Crippen LogP contribution in [0.1, 0.15) is 48.8 Å². The standard InChI is InChI=1S/C23H26N10O14P2.2C21H27N11O10P2S2/c1-2-3-41-19-11-17(29-23(25)31-19)33(7-27-11)21-13(35)15-9(45-21)5-43-48(37,38)46-14-8(4-42-49(39,40)47-15)44-20(12(14)34)32-6-26-10-16(32)28-22(24)30-18(10)36;2*1-6-9-16(29-20(23)27-6)31(4-25-9)18-11(33)13-7(39-18)2-37-44(36,46)42-14-8(3-38-43(35,45)41-13)40-19(12(14)34)32-5-26-10-15(22)28-21(24)30-17(10)32/h1,6-9,12-15,20-21,34-35H,3-5H2,(H,37,38)(H,39,40)(H2,25,29,31)(H3,24,28,30,36);2*4-5,7-8,11-14,18-19,33-34H,2-3H2,1H3,(H,35,45)(H,36,46)(H2,23,27,29)(H4,22,24,28,30)/t8-,9-,12-,13-,14-,15-,20-,21-;2*7-,8-,11-,12-,13-,14-,18?,19-,43?,44?/m111/s1. The number of thiol groups is 1. The van der Waals surface area contributed by atoms with Crippen LogP contribution in [-0.4, -0.2) is 328 Å². The van der Waals surface area contributed by atoms with Gasteiger partial charge in [0.1, 0.15) is 132 Å². The summed E-state index contributed by atoms with van der Waals surface area (Å²) in [5.41, 5.74) is 48.5. The molecule has 8 unspecified atom stereocenters. The highest BCUT2D eigenvalue weighted by molar-refractivity contribution is 8.44. The Morgan fingerprint density at radius 2 is 0.660 bits per heavy atom. The van der Waals surface area contributed by atoms with Crippen molar-refractivity contribution in [2.24, 2.45) is 0 Å². The van der Waals surface area contributed by atoms with Gasteiger partial charge >= 0.3 is 42.6 Å². The molecule has 66 nitrogen and oxygen atoms in total. The van der Waals surface area contributed by atoms with Crippen molar-refractivity contribution in [2.45, 2.75) is 161 Å². The van der Waals surface area contributed by atoms with Gasteiger partial charge in [-0.25, -0.2) is 53.6 Å². The molecule has 9 saturated heterocycles. The van der Waals surface area contributed by atoms with E-state index in [1.54, 1.807) is 13.8 Å². The predicted octanol–water partition coefficient (Wildman–Crippen LogP) is -4.53. The van der Waals surface area contributed by atoms with Crippen LogP contribution in [0.2, 0.25) is 0 Å². The second-order valence-electron chi connectivity index (χ2n) is 31.9. The van der Waals surface area contributed by atoms with Gasteiger partial charge in [-0.15, -0.1) is 6.42 Å². The smallest absolute Gasteiger partial charge is 0.463 e. The lowest BCUT2D eigenvalue weighted by Crippen LogP contribution is -2.39. The lowest BCUT2D eigenvalue weighted by atomic mass is 10.1. The van der Waals surface area contributed by atoms with Crippen molar-refractivity contribution in [1.82, 2.24) is 117 Å². The maximum absolute atomic E-state index is 13.5. The quantitative estimate of drug-likeness (QED) is 0.0387. The fourth-order valence-electron chi connectivity index (χ4n) is 16.6. The van der Waals surface area contributed by atoms with Crippen LogP contribution in [0, 0.1) is 26.2 Å². The van der Waals surface area contributed by atoms with Crippen LogP contribution < -0.4 is 56.2 Å². The van der Waals surface area contributed by atoms with E-state index in [4.69, 9.17) is 175 Å². The third-order valence-corrected chi connectivity index (χ3v) is 31.0. The first-order chi connectivity index (χ1) is 66.7. The summed E-state index contributed by atoms with van der Waals surface area (Å²) in [5, 5.41) is 67.7. The van der Waals surface area contributed by atoms with Crippen molar-refractivity contribution >= 4 is 205 Å². The topological polar surface area (TPSA) is 939 Å². The Balaban J connectivity index is 0.000000135. The molecule has 0 radical (unpaired) electrons. The summed E-state index contributed by atoms with van der Waals surface area (Å²) in [5.74, 6) is 1.32. The molecule has 0 bridgehead atoms. The summed E-state index contributed by atoms with van der Waals surface area (Å²) in [6.07, 6.45) is -21.3. The van der Waals surface area contributed by atoms with Gasteiger partial charge in [0.25, 0.3) is 5.56 Å². The number of H-pyrrole nitrogens is 1. The second kappa shape index (κ2) is 38.3. The molecular weight excluding hydrogens is 2090 g/mol. The molecule has 21 rings (SSSR count). The van der Waals surface area contributed by atoms with Gasteiger partial charge in [-0.3, -0.25) is 77.9 Å². The number of aryl methyl sites for hydroxylation is 2. The number of nitrogens with zero attached hydrogens (tertiary/aromatic N) is 23. The Kier molecular flexibility index (Phi) is 27.2. The highest BCUT2D eigenvalue weighted by Crippen LogP contribution is 2.61. The number of anilines is 8. The Hall–Kier alpha value is -9.31. The van der Waals surface area contributed by atoms with Gasteiger partial charge < -0.3 is 148 Å². The molecule has 0 spiro atoms. The molecule has 21 heterocycles. The number of nitrogens with one attached hydrogen (secondary N) is 1. The summed E-state index contributed by atoms with van der Waals surface area (Å²) < 4.78 is 155. The SMILES string of the molecule is C#CCOc1nc(N)nc2c1ncn2[C@@H]1O[C@@H]2COP(=O)(O)O[C@H]3[C@@H](O)[C@H](n4cnc5c(=O)[nH]c(N)nc54)O[C@@H]3COP(=O)(O)O[C@H]2[C@H]1O.Cc1nc(N)nc2c1ncn2C1O[C@@H]2COP(O)(=S)O[C@H]3[C@@H](O)[C@H](n4cnc5c(N)nc(N)nc54)O[C@@H]3COP(=O)(S)O[C@H]2[C@H]1O.Cc1nc(N)nc2c1ncn2C1O[C@@H]2COP(O)(=S)O[C@H]3[C@@H](O)[C@H](n4cnc5c(N)nc(N)nc54)O[C@@H]3COP(O)(=S)O[C@H]2[C@H]1O. The van der Waals surface area contributed by atoms with E-state index in [1.807, 2.05) is 0 Å². The third-order valence-electron chi connectivity index (χ3n) is 22.7. The molecule has 28 N–H and O–H groups in total. The highest BCUT2D eigenvalue weighted by Gasteiger charge is 2.59. The summed E-state index contributed by atoms with van der Waals surface area (Å²) in [7, 11) is -10.2. The van der Waals surface area contributed by atoms with Gasteiger partial charge in [-0.2, -0.15) is 44.9 Å². The van der Waals surface area contributed by atoms with E-state index in [2.05, 4.69) is 108 Å². The minimum Gasteiger partial charge on any atom is -0.463 e. The largest absolute Gasteiger partial charge is 0.472 e. The normalized spacial score (nSPS) is 36.5. The van der Waals surface area contributed by atoms with Crippen LogP contribution in [0.25, 0.3) is 67.0 Å². The molecule has 76 heteroatoms. The van der Waals surface area contributed by atoms with Gasteiger partial charge in [-0.05, 0) is 49.3 Å². The number of ether oxygens (including phenoxy) is 7. The highest BCUT2D eigenvalue weighted by atomic mass is 32.7. The van der Waals surface area contributed by atoms with Crippen molar-refractivity contribution in [1.29, 1.82) is 0 Å². The number of fused-ring (bicyclic) bond motifs is 12. The first-order valence-corrected chi connectivity index (χ1v) is 54.3. The molecule has 0 amide bonds. The second-order valence-corrected chi connectivity index (χ2v) is 45.9. The first-order valence-electron chi connectivity index (χ1n) is 40.9. The van der Waals surface area contributed by atoms with Gasteiger partial charge in [-0.1, -0.05) is 18.2 Å². The number of phosphoric acid groups is 2. The maximum Gasteiger partial charge on any atom is 0.472 e. The number of phosphoric ester groups is 2. The number of aliphatic hydroxyl groups is 6. The van der Waals surface area contributed by atoms with Crippen molar-refractivity contribution in [2.75, 3.05) is 92.1 Å². The van der Waals surface area contributed by atoms with E-state index >= 15 is 0 Å². The number of nitrogens with two attached hydrogens (primary N) is 8. The lowest BCUT2D eigenvalue weighted by molar-refractivity contribution is -0.0664. The van der Waals surface area contributed by atoms with E-state index < -0.39 is 235 Å². The molecule has 0 aromatic carbocycles. The van der Waals surface area contributed by atoms with Crippen LogP contribution >= 0.6 is 54.8 Å². The van der Waals surface area contributed by atoms with Crippen LogP contribution in [-0.2, 0) is 132 Å². The fraction of sp³-hybridized carbons (Fsp3) is 0.508. The minimum absolute atomic E-state index is 0.00170. The molecule has 758 valence electrons. The zero-order valence-electron chi connectivity index (χ0n) is 71.4. The number of hydrogen-bond donors (Lipinski definition) is 21. The Morgan fingerprint density at radius 1 is 0.390 bits per heavy atom. The van der Waals surface area contributed by atoms with Crippen LogP contribution in [0.3, 0.4) is 0 Å². The van der Waals surface area contributed by atoms with E-state index in [9.17, 15) is 73.6 Å². The van der Waals surface area contributed by atoms with E-state index in [1.165, 1.54) is 54.5 Å². The first kappa shape index (κ1) is 100. The lowest BCUT2D eigenvalue weighted by Gasteiger charge is -2.30. The van der Waals surface area contributed by atoms with Crippen molar-refractivity contribution in [3.63, 3.8) is 0 Å². The molecule has 0 aliphatic carbocycles. The molecule has 9 aliphatic rings. The number of terminal acetylenes is 1. The fourth-order valence-corrected chi connectivity index (χ4v) is 24.4. The summed E-state index contributed by atoms with van der Waals surface area (Å²) in [6.45, 7) is -17.3. The van der Waals surface area contributed by atoms with E-state index in [0.29, 0.717) is 22.4 Å². The molecule has 12 aromatic heterocycles. The zero-order valence-corrected chi connectivity index (χ0v) is 80.1. The molecule has 9 aliphatic heterocycles. The van der Waals surface area contributed by atoms with Gasteiger partial charge in [0, 0.05) is 0 Å². The van der Waals surface area contributed by atoms with E-state index in [-0.39, 0.29) is 116 Å². The average Bonchev–Trinajstić information content (AvgIpc) is 1.65. The number of aromatic nitrogens is 24. The number of aromatic amines is 1. The monoisotopic (exact) mass is 2170 g/mol. The van der Waals surface area contributed by atoms with Gasteiger partial charge in [0.05, 0.1) is 89.0 Å². The van der Waals surface area contributed by atoms with Gasteiger partial charge in [0.15, 0.2) is 101 Å². The summed E-state index contributed by atoms with van der Waals surface area (Å²) in [6, 6.07) is 0. The van der Waals surface area contributed by atoms with Gasteiger partial charge in [0.2, 0.25) is 41.6 Å². The summed E-state index contributed by atoms with van der Waals surface area (Å²) in [4.78, 5) is 139. The number of imidazole rings is 6. The number of nitrogen functional groups attached to an aromatic ring is 8. The van der Waals surface area contributed by atoms with Crippen molar-refractivity contribution < 1.29 is 156 Å².